The van der Waals surface area contributed by atoms with Gasteiger partial charge in [0.2, 0.25) is 0 Å². The fraction of sp³-hybridized carbons (Fsp3) is 0.536. The lowest BCUT2D eigenvalue weighted by atomic mass is 9.87. The van der Waals surface area contributed by atoms with Gasteiger partial charge in [-0.1, -0.05) is 31.2 Å². The molecule has 176 valence electrons. The molecule has 3 aliphatic rings. The monoisotopic (exact) mass is 445 g/mol. The molecule has 4 unspecified atom stereocenters. The maximum atomic E-state index is 8.92. The summed E-state index contributed by atoms with van der Waals surface area (Å²) in [6.45, 7) is 6.20. The molecule has 0 radical (unpaired) electrons. The van der Waals surface area contributed by atoms with Gasteiger partial charge in [0.25, 0.3) is 0 Å². The van der Waals surface area contributed by atoms with E-state index in [9.17, 15) is 0 Å². The molecule has 3 aliphatic carbocycles. The standard InChI is InChI=1S/C28H39N5/c1-3-25(19-9-6-11-20-17-23(20)24(29)14-7-10-19)33-28(31)18(2)27(30)22-12-4-5-15-26-21(22)13-8-16-32-26/h3,8,10,13,16,20,22-24,30H,2,4-7,9,11-12,14-15,17,29H2,1H3,(H2,31,33)/b19-10+,25-3-,30-27?. The van der Waals surface area contributed by atoms with E-state index in [0.717, 1.165) is 80.2 Å². The third kappa shape index (κ3) is 5.52. The molecule has 0 spiro atoms. The Morgan fingerprint density at radius 1 is 1.21 bits per heavy atom. The number of hydrogen-bond acceptors (Lipinski definition) is 4. The smallest absolute Gasteiger partial charge is 0.132 e. The van der Waals surface area contributed by atoms with Crippen molar-refractivity contribution >= 4 is 11.5 Å². The first-order valence-electron chi connectivity index (χ1n) is 12.7. The second kappa shape index (κ2) is 10.6. The zero-order chi connectivity index (χ0) is 23.4. The van der Waals surface area contributed by atoms with E-state index in [1.165, 1.54) is 18.4 Å². The molecule has 4 atom stereocenters. The molecule has 33 heavy (non-hydrogen) atoms. The molecule has 0 amide bonds. The number of nitrogens with zero attached hydrogens (tertiary/aromatic N) is 2. The molecule has 5 heteroatoms. The molecule has 1 fully saturated rings. The summed E-state index contributed by atoms with van der Waals surface area (Å²) in [7, 11) is 0. The third-order valence-corrected chi connectivity index (χ3v) is 7.72. The Labute approximate surface area is 198 Å². The van der Waals surface area contributed by atoms with Gasteiger partial charge in [-0.25, -0.2) is 4.99 Å². The van der Waals surface area contributed by atoms with E-state index in [2.05, 4.69) is 23.7 Å². The number of pyridine rings is 1. The Morgan fingerprint density at radius 3 is 2.88 bits per heavy atom. The lowest BCUT2D eigenvalue weighted by Gasteiger charge is -2.20. The average Bonchev–Trinajstić information content (AvgIpc) is 3.63. The second-order valence-electron chi connectivity index (χ2n) is 9.92. The third-order valence-electron chi connectivity index (χ3n) is 7.72. The zero-order valence-electron chi connectivity index (χ0n) is 20.0. The summed E-state index contributed by atoms with van der Waals surface area (Å²) < 4.78 is 0. The van der Waals surface area contributed by atoms with Crippen LogP contribution in [0.15, 0.2) is 58.9 Å². The Bertz CT molecular complexity index is 986. The lowest BCUT2D eigenvalue weighted by molar-refractivity contribution is 0.493. The van der Waals surface area contributed by atoms with Gasteiger partial charge in [-0.3, -0.25) is 4.98 Å². The fourth-order valence-corrected chi connectivity index (χ4v) is 5.62. The Morgan fingerprint density at radius 2 is 2.06 bits per heavy atom. The number of aromatic nitrogens is 1. The second-order valence-corrected chi connectivity index (χ2v) is 9.92. The van der Waals surface area contributed by atoms with E-state index in [-0.39, 0.29) is 5.92 Å². The van der Waals surface area contributed by atoms with Gasteiger partial charge in [-0.2, -0.15) is 0 Å². The van der Waals surface area contributed by atoms with Crippen LogP contribution in [0.3, 0.4) is 0 Å². The first kappa shape index (κ1) is 23.6. The SMILES string of the molecule is C=C(C(=N)C1CCCCc2ncccc21)\C(N)=N/C(=C\C)C1=C/CCC(N)C2CC2CCC\1. The molecular weight excluding hydrogens is 406 g/mol. The van der Waals surface area contributed by atoms with Gasteiger partial charge in [0.05, 0.1) is 5.70 Å². The summed E-state index contributed by atoms with van der Waals surface area (Å²) in [6, 6.07) is 4.39. The van der Waals surface area contributed by atoms with Crippen LogP contribution in [-0.4, -0.2) is 22.6 Å². The average molecular weight is 446 g/mol. The Hall–Kier alpha value is -2.53. The number of nitrogens with one attached hydrogen (secondary N) is 1. The van der Waals surface area contributed by atoms with Crippen LogP contribution >= 0.6 is 0 Å². The number of allylic oxidation sites excluding steroid dienone is 3. The number of amidine groups is 1. The maximum Gasteiger partial charge on any atom is 0.132 e. The number of aliphatic imine (C=N–C) groups is 1. The number of hydrogen-bond donors (Lipinski definition) is 3. The van der Waals surface area contributed by atoms with Crippen LogP contribution in [0.5, 0.6) is 0 Å². The van der Waals surface area contributed by atoms with E-state index in [0.29, 0.717) is 23.2 Å². The number of fused-ring (bicyclic) bond motifs is 2. The van der Waals surface area contributed by atoms with E-state index < -0.39 is 0 Å². The Balaban J connectivity index is 1.50. The molecule has 5 N–H and O–H groups in total. The molecule has 1 aromatic heterocycles. The minimum atomic E-state index is -0.0210. The summed E-state index contributed by atoms with van der Waals surface area (Å²) in [5, 5.41) is 8.92. The zero-order valence-corrected chi connectivity index (χ0v) is 20.0. The fourth-order valence-electron chi connectivity index (χ4n) is 5.62. The maximum absolute atomic E-state index is 8.92. The molecule has 1 heterocycles. The van der Waals surface area contributed by atoms with Crippen molar-refractivity contribution in [3.8, 4) is 0 Å². The van der Waals surface area contributed by atoms with E-state index in [1.54, 1.807) is 0 Å². The van der Waals surface area contributed by atoms with Crippen LogP contribution in [0.25, 0.3) is 0 Å². The van der Waals surface area contributed by atoms with E-state index >= 15 is 0 Å². The van der Waals surface area contributed by atoms with Crippen molar-refractivity contribution in [2.45, 2.75) is 83.1 Å². The Kier molecular flexibility index (Phi) is 7.59. The van der Waals surface area contributed by atoms with Crippen LogP contribution < -0.4 is 11.5 Å². The predicted molar refractivity (Wildman–Crippen MR) is 138 cm³/mol. The first-order chi connectivity index (χ1) is 16.0. The summed E-state index contributed by atoms with van der Waals surface area (Å²) in [6.07, 6.45) is 17.0. The summed E-state index contributed by atoms with van der Waals surface area (Å²) >= 11 is 0. The minimum Gasteiger partial charge on any atom is -0.383 e. The van der Waals surface area contributed by atoms with Gasteiger partial charge in [0.1, 0.15) is 5.84 Å². The molecule has 4 rings (SSSR count). The molecule has 0 aromatic carbocycles. The van der Waals surface area contributed by atoms with Gasteiger partial charge in [0, 0.05) is 35.1 Å². The molecule has 1 saturated carbocycles. The number of nitrogens with two attached hydrogens (primary N) is 2. The largest absolute Gasteiger partial charge is 0.383 e. The lowest BCUT2D eigenvalue weighted by Crippen LogP contribution is -2.25. The van der Waals surface area contributed by atoms with Gasteiger partial charge in [0.15, 0.2) is 0 Å². The van der Waals surface area contributed by atoms with Gasteiger partial charge in [-0.05, 0) is 93.7 Å². The van der Waals surface area contributed by atoms with Crippen molar-refractivity contribution in [1.82, 2.24) is 4.98 Å². The molecule has 0 bridgehead atoms. The highest BCUT2D eigenvalue weighted by molar-refractivity contribution is 6.23. The van der Waals surface area contributed by atoms with Crippen LogP contribution in [0.2, 0.25) is 0 Å². The topological polar surface area (TPSA) is 101 Å². The molecular formula is C28H39N5. The first-order valence-corrected chi connectivity index (χ1v) is 12.7. The minimum absolute atomic E-state index is 0.0210. The van der Waals surface area contributed by atoms with Crippen molar-refractivity contribution in [3.63, 3.8) is 0 Å². The van der Waals surface area contributed by atoms with Crippen LogP contribution in [0.4, 0.5) is 0 Å². The van der Waals surface area contributed by atoms with Gasteiger partial charge < -0.3 is 16.9 Å². The highest BCUT2D eigenvalue weighted by atomic mass is 14.9. The molecule has 0 saturated heterocycles. The van der Waals surface area contributed by atoms with Crippen molar-refractivity contribution in [3.05, 3.63) is 65.2 Å². The summed E-state index contributed by atoms with van der Waals surface area (Å²) in [5.41, 5.74) is 18.2. The molecule has 5 nitrogen and oxygen atoms in total. The summed E-state index contributed by atoms with van der Waals surface area (Å²) in [5.74, 6) is 1.89. The van der Waals surface area contributed by atoms with Gasteiger partial charge >= 0.3 is 0 Å². The quantitative estimate of drug-likeness (QED) is 0.313. The van der Waals surface area contributed by atoms with Crippen molar-refractivity contribution < 1.29 is 0 Å². The number of aryl methyl sites for hydroxylation is 1. The highest BCUT2D eigenvalue weighted by Crippen LogP contribution is 2.46. The van der Waals surface area contributed by atoms with E-state index in [1.807, 2.05) is 25.3 Å². The van der Waals surface area contributed by atoms with Crippen LogP contribution in [0.1, 0.15) is 81.9 Å². The van der Waals surface area contributed by atoms with Crippen molar-refractivity contribution in [1.29, 1.82) is 5.41 Å². The van der Waals surface area contributed by atoms with Gasteiger partial charge in [-0.15, -0.1) is 0 Å². The predicted octanol–water partition coefficient (Wildman–Crippen LogP) is 5.58. The number of rotatable bonds is 5. The highest BCUT2D eigenvalue weighted by Gasteiger charge is 2.40. The van der Waals surface area contributed by atoms with Crippen molar-refractivity contribution in [2.75, 3.05) is 0 Å². The molecule has 1 aromatic rings. The van der Waals surface area contributed by atoms with Crippen LogP contribution in [-0.2, 0) is 6.42 Å². The molecule has 0 aliphatic heterocycles. The summed E-state index contributed by atoms with van der Waals surface area (Å²) in [4.78, 5) is 9.36. The van der Waals surface area contributed by atoms with Crippen molar-refractivity contribution in [2.24, 2.45) is 28.3 Å². The van der Waals surface area contributed by atoms with Crippen LogP contribution in [0, 0.1) is 17.2 Å². The normalized spacial score (nSPS) is 30.2. The van der Waals surface area contributed by atoms with E-state index in [4.69, 9.17) is 21.9 Å².